The highest BCUT2D eigenvalue weighted by Crippen LogP contribution is 2.38. The highest BCUT2D eigenvalue weighted by molar-refractivity contribution is 7.89. The first-order chi connectivity index (χ1) is 23.9. The van der Waals surface area contributed by atoms with Crippen molar-refractivity contribution < 1.29 is 52.3 Å². The Bertz CT molecular complexity index is 1560. The van der Waals surface area contributed by atoms with Crippen molar-refractivity contribution in [2.75, 3.05) is 46.2 Å². The van der Waals surface area contributed by atoms with Crippen LogP contribution in [0.25, 0.3) is 0 Å². The van der Waals surface area contributed by atoms with Gasteiger partial charge in [0.05, 0.1) is 36.3 Å². The first-order valence-corrected chi connectivity index (χ1v) is 18.6. The maximum Gasteiger partial charge on any atom is 0.407 e. The lowest BCUT2D eigenvalue weighted by Gasteiger charge is -2.40. The lowest BCUT2D eigenvalue weighted by atomic mass is 9.86. The molecule has 0 bridgehead atoms. The van der Waals surface area contributed by atoms with E-state index < -0.39 is 58.5 Å². The number of sulfonamides is 1. The molecule has 14 nitrogen and oxygen atoms in total. The number of nitrogens with one attached hydrogen (secondary N) is 1. The van der Waals surface area contributed by atoms with E-state index in [4.69, 9.17) is 24.1 Å². The standard InChI is InChI=1S/C35H49N3O11S/c1-35(2,14-7-4-8-15-36-32(41)20-39)22-37(50(44,45)25-11-12-30-31(18-25)49-23-48-30)19-29(40)27(17-24-9-5-3-6-10-24)38(34(42)43)28-21-47-33-26(28)13-16-46-33/h3,5-6,9-12,18,26-29,33,39-40H,4,7-8,13-17,19-23H2,1-2H3,(H,36,41)(H,42,43)/t26-,27-,28-,29+,33+/m0/s1. The number of ether oxygens (including phenoxy) is 4. The summed E-state index contributed by atoms with van der Waals surface area (Å²) in [5, 5.41) is 34.2. The molecule has 2 amide bonds. The Hall–Kier alpha value is -3.47. The molecule has 0 spiro atoms. The Labute approximate surface area is 293 Å². The predicted molar refractivity (Wildman–Crippen MR) is 181 cm³/mol. The van der Waals surface area contributed by atoms with E-state index in [1.54, 1.807) is 0 Å². The van der Waals surface area contributed by atoms with Gasteiger partial charge >= 0.3 is 6.09 Å². The molecule has 0 radical (unpaired) electrons. The Balaban J connectivity index is 1.41. The third-order valence-corrected chi connectivity index (χ3v) is 11.5. The molecule has 0 unspecified atom stereocenters. The predicted octanol–water partition coefficient (Wildman–Crippen LogP) is 2.81. The van der Waals surface area contributed by atoms with E-state index in [1.807, 2.05) is 44.2 Å². The second-order valence-electron chi connectivity index (χ2n) is 13.9. The third kappa shape index (κ3) is 9.25. The zero-order chi connectivity index (χ0) is 35.9. The van der Waals surface area contributed by atoms with E-state index in [0.717, 1.165) is 18.4 Å². The summed E-state index contributed by atoms with van der Waals surface area (Å²) >= 11 is 0. The molecule has 3 aliphatic rings. The molecule has 0 aromatic heterocycles. The van der Waals surface area contributed by atoms with Gasteiger partial charge < -0.3 is 39.6 Å². The molecular weight excluding hydrogens is 670 g/mol. The topological polar surface area (TPSA) is 184 Å². The van der Waals surface area contributed by atoms with E-state index in [-0.39, 0.29) is 43.7 Å². The number of amides is 2. The van der Waals surface area contributed by atoms with Crippen LogP contribution in [-0.2, 0) is 30.7 Å². The second-order valence-corrected chi connectivity index (χ2v) is 15.8. The van der Waals surface area contributed by atoms with Gasteiger partial charge in [0.1, 0.15) is 6.61 Å². The smallest absolute Gasteiger partial charge is 0.407 e. The van der Waals surface area contributed by atoms with Crippen molar-refractivity contribution in [2.24, 2.45) is 11.3 Å². The van der Waals surface area contributed by atoms with Crippen LogP contribution < -0.4 is 14.8 Å². The van der Waals surface area contributed by atoms with Crippen molar-refractivity contribution >= 4 is 22.0 Å². The summed E-state index contributed by atoms with van der Waals surface area (Å²) in [6.07, 6.45) is 0.454. The van der Waals surface area contributed by atoms with Crippen LogP contribution in [0.15, 0.2) is 53.4 Å². The Morgan fingerprint density at radius 2 is 1.80 bits per heavy atom. The summed E-state index contributed by atoms with van der Waals surface area (Å²) in [5.41, 5.74) is 0.244. The monoisotopic (exact) mass is 719 g/mol. The van der Waals surface area contributed by atoms with Crippen molar-refractivity contribution in [1.82, 2.24) is 14.5 Å². The zero-order valence-electron chi connectivity index (χ0n) is 28.6. The summed E-state index contributed by atoms with van der Waals surface area (Å²) < 4.78 is 52.5. The SMILES string of the molecule is CC(C)(CCCCCNC(=O)CO)CN(C[C@@H](O)[C@H](Cc1ccccc1)N(C(=O)O)[C@H]1CO[C@H]2OCC[C@H]21)S(=O)(=O)c1ccc2c(c1)OCO2. The quantitative estimate of drug-likeness (QED) is 0.166. The van der Waals surface area contributed by atoms with Crippen LogP contribution in [0.4, 0.5) is 4.79 Å². The molecular formula is C35H49N3O11S. The van der Waals surface area contributed by atoms with Crippen molar-refractivity contribution in [3.8, 4) is 11.5 Å². The minimum Gasteiger partial charge on any atom is -0.465 e. The maximum atomic E-state index is 14.4. The lowest BCUT2D eigenvalue weighted by Crippen LogP contribution is -2.58. The molecule has 0 saturated carbocycles. The average molecular weight is 720 g/mol. The molecule has 276 valence electrons. The molecule has 3 heterocycles. The first kappa shape index (κ1) is 37.8. The van der Waals surface area contributed by atoms with Gasteiger partial charge in [0.25, 0.3) is 0 Å². The molecule has 5 atom stereocenters. The van der Waals surface area contributed by atoms with Crippen LogP contribution in [0, 0.1) is 11.3 Å². The van der Waals surface area contributed by atoms with Gasteiger partial charge in [-0.2, -0.15) is 4.31 Å². The Morgan fingerprint density at radius 1 is 1.04 bits per heavy atom. The summed E-state index contributed by atoms with van der Waals surface area (Å²) in [4.78, 5) is 25.6. The minimum absolute atomic E-state index is 0.0259. The summed E-state index contributed by atoms with van der Waals surface area (Å²) in [6, 6.07) is 12.0. The number of aliphatic hydroxyl groups is 2. The molecule has 3 aliphatic heterocycles. The minimum atomic E-state index is -4.23. The van der Waals surface area contributed by atoms with E-state index in [0.29, 0.717) is 43.9 Å². The number of unbranched alkanes of at least 4 members (excludes halogenated alkanes) is 2. The number of aliphatic hydroxyl groups excluding tert-OH is 2. The fourth-order valence-corrected chi connectivity index (χ4v) is 8.71. The molecule has 4 N–H and O–H groups in total. The zero-order valence-corrected chi connectivity index (χ0v) is 29.4. The van der Waals surface area contributed by atoms with Crippen molar-refractivity contribution in [2.45, 2.75) is 81.7 Å². The molecule has 2 saturated heterocycles. The highest BCUT2D eigenvalue weighted by atomic mass is 32.2. The molecule has 50 heavy (non-hydrogen) atoms. The van der Waals surface area contributed by atoms with Crippen LogP contribution in [0.1, 0.15) is 51.5 Å². The van der Waals surface area contributed by atoms with Gasteiger partial charge in [-0.3, -0.25) is 9.69 Å². The van der Waals surface area contributed by atoms with Crippen LogP contribution >= 0.6 is 0 Å². The number of carboxylic acid groups (broad SMARTS) is 1. The Kier molecular flexibility index (Phi) is 12.6. The van der Waals surface area contributed by atoms with Crippen molar-refractivity contribution in [3.05, 3.63) is 54.1 Å². The number of nitrogens with zero attached hydrogens (tertiary/aromatic N) is 2. The average Bonchev–Trinajstić information content (AvgIpc) is 3.84. The van der Waals surface area contributed by atoms with Gasteiger partial charge in [-0.1, -0.05) is 57.0 Å². The van der Waals surface area contributed by atoms with Gasteiger partial charge in [0, 0.05) is 31.6 Å². The number of rotatable bonds is 18. The van der Waals surface area contributed by atoms with Gasteiger partial charge in [-0.15, -0.1) is 0 Å². The third-order valence-electron chi connectivity index (χ3n) is 9.65. The molecule has 15 heteroatoms. The number of fused-ring (bicyclic) bond motifs is 2. The van der Waals surface area contributed by atoms with E-state index >= 15 is 0 Å². The van der Waals surface area contributed by atoms with Crippen LogP contribution in [0.2, 0.25) is 0 Å². The molecule has 2 aromatic rings. The summed E-state index contributed by atoms with van der Waals surface area (Å²) in [6.45, 7) is 3.97. The highest BCUT2D eigenvalue weighted by Gasteiger charge is 2.49. The largest absolute Gasteiger partial charge is 0.465 e. The molecule has 2 aromatic carbocycles. The Morgan fingerprint density at radius 3 is 2.54 bits per heavy atom. The molecule has 5 rings (SSSR count). The fraction of sp³-hybridized carbons (Fsp3) is 0.600. The second kappa shape index (κ2) is 16.7. The van der Waals surface area contributed by atoms with Crippen LogP contribution in [0.5, 0.6) is 11.5 Å². The number of hydrogen-bond acceptors (Lipinski definition) is 10. The van der Waals surface area contributed by atoms with Crippen LogP contribution in [0.3, 0.4) is 0 Å². The maximum absolute atomic E-state index is 14.4. The normalized spacial score (nSPS) is 21.2. The number of carbonyl (C=O) groups is 2. The fourth-order valence-electron chi connectivity index (χ4n) is 7.04. The van der Waals surface area contributed by atoms with Gasteiger partial charge in [-0.25, -0.2) is 13.2 Å². The molecule has 2 fully saturated rings. The number of carbonyl (C=O) groups excluding carboxylic acids is 1. The van der Waals surface area contributed by atoms with E-state index in [9.17, 15) is 28.2 Å². The number of benzene rings is 2. The van der Waals surface area contributed by atoms with Gasteiger partial charge in [0.15, 0.2) is 17.8 Å². The van der Waals surface area contributed by atoms with Crippen molar-refractivity contribution in [3.63, 3.8) is 0 Å². The first-order valence-electron chi connectivity index (χ1n) is 17.1. The van der Waals surface area contributed by atoms with E-state index in [2.05, 4.69) is 5.32 Å². The number of hydrogen-bond donors (Lipinski definition) is 4. The van der Waals surface area contributed by atoms with Crippen molar-refractivity contribution in [1.29, 1.82) is 0 Å². The van der Waals surface area contributed by atoms with E-state index in [1.165, 1.54) is 27.4 Å². The molecule has 0 aliphatic carbocycles. The summed E-state index contributed by atoms with van der Waals surface area (Å²) in [7, 11) is -4.23. The van der Waals surface area contributed by atoms with Gasteiger partial charge in [0.2, 0.25) is 22.7 Å². The summed E-state index contributed by atoms with van der Waals surface area (Å²) in [5.74, 6) is 0.0878. The lowest BCUT2D eigenvalue weighted by molar-refractivity contribution is -0.123. The van der Waals surface area contributed by atoms with Crippen LogP contribution in [-0.4, -0.2) is 116 Å². The van der Waals surface area contributed by atoms with Gasteiger partial charge in [-0.05, 0) is 48.8 Å².